The third-order valence-electron chi connectivity index (χ3n) is 2.67. The summed E-state index contributed by atoms with van der Waals surface area (Å²) in [5.41, 5.74) is -0.0673. The van der Waals surface area contributed by atoms with Gasteiger partial charge in [-0.15, -0.1) is 0 Å². The number of aliphatic hydroxyl groups is 1. The van der Waals surface area contributed by atoms with Crippen LogP contribution in [-0.4, -0.2) is 24.4 Å². The van der Waals surface area contributed by atoms with Gasteiger partial charge in [0.15, 0.2) is 0 Å². The van der Waals surface area contributed by atoms with Crippen LogP contribution < -0.4 is 0 Å². The SMILES string of the molecule is CCCCCCCOCC(O)C(C)(C)C. The van der Waals surface area contributed by atoms with Gasteiger partial charge in [0.1, 0.15) is 0 Å². The maximum absolute atomic E-state index is 9.70. The molecule has 1 atom stereocenters. The van der Waals surface area contributed by atoms with Gasteiger partial charge < -0.3 is 9.84 Å². The fraction of sp³-hybridized carbons (Fsp3) is 1.00. The number of hydrogen-bond donors (Lipinski definition) is 1. The fourth-order valence-corrected chi connectivity index (χ4v) is 1.25. The molecule has 2 nitrogen and oxygen atoms in total. The standard InChI is InChI=1S/C13H28O2/c1-5-6-7-8-9-10-15-11-12(14)13(2,3)4/h12,14H,5-11H2,1-4H3. The van der Waals surface area contributed by atoms with Gasteiger partial charge in [-0.3, -0.25) is 0 Å². The van der Waals surface area contributed by atoms with Gasteiger partial charge in [-0.2, -0.15) is 0 Å². The Balaban J connectivity index is 3.24. The summed E-state index contributed by atoms with van der Waals surface area (Å²) in [5, 5.41) is 9.70. The first kappa shape index (κ1) is 14.9. The first-order valence-electron chi connectivity index (χ1n) is 6.24. The summed E-state index contributed by atoms with van der Waals surface area (Å²) < 4.78 is 5.45. The number of unbranched alkanes of at least 4 members (excludes halogenated alkanes) is 4. The van der Waals surface area contributed by atoms with Crippen LogP contribution in [0.15, 0.2) is 0 Å². The Kier molecular flexibility index (Phi) is 8.07. The van der Waals surface area contributed by atoms with Crippen LogP contribution in [-0.2, 0) is 4.74 Å². The summed E-state index contributed by atoms with van der Waals surface area (Å²) in [6.45, 7) is 9.57. The van der Waals surface area contributed by atoms with Crippen LogP contribution in [0.25, 0.3) is 0 Å². The summed E-state index contributed by atoms with van der Waals surface area (Å²) >= 11 is 0. The molecule has 0 heterocycles. The highest BCUT2D eigenvalue weighted by molar-refractivity contribution is 4.71. The zero-order chi connectivity index (χ0) is 11.7. The molecule has 0 aromatic heterocycles. The Bertz CT molecular complexity index is 138. The van der Waals surface area contributed by atoms with E-state index in [1.807, 2.05) is 20.8 Å². The predicted molar refractivity (Wildman–Crippen MR) is 65.0 cm³/mol. The molecule has 0 aliphatic rings. The summed E-state index contributed by atoms with van der Waals surface area (Å²) in [7, 11) is 0. The minimum Gasteiger partial charge on any atom is -0.390 e. The lowest BCUT2D eigenvalue weighted by atomic mass is 9.90. The van der Waals surface area contributed by atoms with E-state index >= 15 is 0 Å². The second kappa shape index (κ2) is 8.12. The molecule has 0 aliphatic carbocycles. The van der Waals surface area contributed by atoms with Crippen molar-refractivity contribution < 1.29 is 9.84 Å². The van der Waals surface area contributed by atoms with Gasteiger partial charge in [0.2, 0.25) is 0 Å². The highest BCUT2D eigenvalue weighted by atomic mass is 16.5. The van der Waals surface area contributed by atoms with Gasteiger partial charge >= 0.3 is 0 Å². The minimum atomic E-state index is -0.354. The van der Waals surface area contributed by atoms with Crippen molar-refractivity contribution in [1.82, 2.24) is 0 Å². The normalized spacial score (nSPS) is 14.2. The maximum atomic E-state index is 9.70. The Labute approximate surface area is 95.0 Å². The van der Waals surface area contributed by atoms with Crippen molar-refractivity contribution in [2.45, 2.75) is 65.9 Å². The Hall–Kier alpha value is -0.0800. The molecule has 1 N–H and O–H groups in total. The average Bonchev–Trinajstić information content (AvgIpc) is 2.14. The van der Waals surface area contributed by atoms with E-state index in [2.05, 4.69) is 6.92 Å². The number of ether oxygens (including phenoxy) is 1. The molecular formula is C13H28O2. The fourth-order valence-electron chi connectivity index (χ4n) is 1.25. The monoisotopic (exact) mass is 216 g/mol. The van der Waals surface area contributed by atoms with Crippen LogP contribution in [0, 0.1) is 5.41 Å². The predicted octanol–water partition coefficient (Wildman–Crippen LogP) is 3.38. The smallest absolute Gasteiger partial charge is 0.0821 e. The van der Waals surface area contributed by atoms with Gasteiger partial charge in [-0.1, -0.05) is 53.4 Å². The molecule has 0 aromatic carbocycles. The third kappa shape index (κ3) is 8.88. The van der Waals surface area contributed by atoms with Gasteiger partial charge in [0.25, 0.3) is 0 Å². The lowest BCUT2D eigenvalue weighted by Crippen LogP contribution is -2.30. The van der Waals surface area contributed by atoms with Crippen LogP contribution in [0.5, 0.6) is 0 Å². The first-order chi connectivity index (χ1) is 6.98. The Morgan fingerprint density at radius 1 is 1.07 bits per heavy atom. The molecule has 0 amide bonds. The summed E-state index contributed by atoms with van der Waals surface area (Å²) in [6, 6.07) is 0. The summed E-state index contributed by atoms with van der Waals surface area (Å²) in [6.07, 6.45) is 5.93. The molecule has 1 unspecified atom stereocenters. The van der Waals surface area contributed by atoms with Crippen molar-refractivity contribution in [3.63, 3.8) is 0 Å². The van der Waals surface area contributed by atoms with E-state index < -0.39 is 0 Å². The molecule has 0 fully saturated rings. The van der Waals surface area contributed by atoms with Crippen molar-refractivity contribution in [3.8, 4) is 0 Å². The molecule has 2 heteroatoms. The highest BCUT2D eigenvalue weighted by Crippen LogP contribution is 2.19. The first-order valence-corrected chi connectivity index (χ1v) is 6.24. The second-order valence-electron chi connectivity index (χ2n) is 5.37. The molecule has 0 aliphatic heterocycles. The van der Waals surface area contributed by atoms with Crippen molar-refractivity contribution in [3.05, 3.63) is 0 Å². The molecule has 15 heavy (non-hydrogen) atoms. The topological polar surface area (TPSA) is 29.5 Å². The molecule has 92 valence electrons. The van der Waals surface area contributed by atoms with Gasteiger partial charge in [0.05, 0.1) is 12.7 Å². The minimum absolute atomic E-state index is 0.0673. The van der Waals surface area contributed by atoms with Gasteiger partial charge in [-0.05, 0) is 11.8 Å². The van der Waals surface area contributed by atoms with Crippen LogP contribution in [0.4, 0.5) is 0 Å². The Morgan fingerprint density at radius 2 is 1.67 bits per heavy atom. The molecule has 0 spiro atoms. The average molecular weight is 216 g/mol. The van der Waals surface area contributed by atoms with E-state index in [4.69, 9.17) is 4.74 Å². The van der Waals surface area contributed by atoms with E-state index in [-0.39, 0.29) is 11.5 Å². The van der Waals surface area contributed by atoms with Crippen LogP contribution in [0.1, 0.15) is 59.8 Å². The van der Waals surface area contributed by atoms with E-state index in [9.17, 15) is 5.11 Å². The molecule has 0 radical (unpaired) electrons. The quantitative estimate of drug-likeness (QED) is 0.630. The van der Waals surface area contributed by atoms with Gasteiger partial charge in [0, 0.05) is 6.61 Å². The largest absolute Gasteiger partial charge is 0.390 e. The van der Waals surface area contributed by atoms with Gasteiger partial charge in [-0.25, -0.2) is 0 Å². The highest BCUT2D eigenvalue weighted by Gasteiger charge is 2.21. The molecule has 0 bridgehead atoms. The van der Waals surface area contributed by atoms with Crippen molar-refractivity contribution >= 4 is 0 Å². The van der Waals surface area contributed by atoms with E-state index in [1.165, 1.54) is 25.7 Å². The van der Waals surface area contributed by atoms with E-state index in [0.717, 1.165) is 13.0 Å². The lowest BCUT2D eigenvalue weighted by molar-refractivity contribution is -0.0211. The zero-order valence-corrected chi connectivity index (χ0v) is 10.9. The molecule has 0 aromatic rings. The number of rotatable bonds is 8. The molecule has 0 saturated heterocycles. The van der Waals surface area contributed by atoms with Crippen LogP contribution >= 0.6 is 0 Å². The van der Waals surface area contributed by atoms with Crippen molar-refractivity contribution in [2.75, 3.05) is 13.2 Å². The summed E-state index contributed by atoms with van der Waals surface area (Å²) in [4.78, 5) is 0. The third-order valence-corrected chi connectivity index (χ3v) is 2.67. The lowest BCUT2D eigenvalue weighted by Gasteiger charge is -2.25. The molecule has 0 rings (SSSR count). The second-order valence-corrected chi connectivity index (χ2v) is 5.37. The number of hydrogen-bond acceptors (Lipinski definition) is 2. The Morgan fingerprint density at radius 3 is 2.20 bits per heavy atom. The van der Waals surface area contributed by atoms with E-state index in [0.29, 0.717) is 6.61 Å². The van der Waals surface area contributed by atoms with Crippen molar-refractivity contribution in [1.29, 1.82) is 0 Å². The zero-order valence-electron chi connectivity index (χ0n) is 10.9. The van der Waals surface area contributed by atoms with Crippen molar-refractivity contribution in [2.24, 2.45) is 5.41 Å². The number of aliphatic hydroxyl groups excluding tert-OH is 1. The molecule has 0 saturated carbocycles. The van der Waals surface area contributed by atoms with Crippen LogP contribution in [0.3, 0.4) is 0 Å². The summed E-state index contributed by atoms with van der Waals surface area (Å²) in [5.74, 6) is 0. The van der Waals surface area contributed by atoms with E-state index in [1.54, 1.807) is 0 Å². The molecular weight excluding hydrogens is 188 g/mol. The maximum Gasteiger partial charge on any atom is 0.0821 e. The van der Waals surface area contributed by atoms with Crippen LogP contribution in [0.2, 0.25) is 0 Å².